The van der Waals surface area contributed by atoms with E-state index in [1.54, 1.807) is 36.3 Å². The third-order valence-electron chi connectivity index (χ3n) is 4.44. The summed E-state index contributed by atoms with van der Waals surface area (Å²) >= 11 is 6.06. The first-order valence-electron chi connectivity index (χ1n) is 7.71. The van der Waals surface area contributed by atoms with Crippen LogP contribution in [0.15, 0.2) is 35.5 Å². The molecule has 0 amide bonds. The molecule has 8 heteroatoms. The Morgan fingerprint density at radius 3 is 2.67 bits per heavy atom. The van der Waals surface area contributed by atoms with Crippen molar-refractivity contribution in [3.05, 3.63) is 46.7 Å². The molecule has 1 saturated carbocycles. The average Bonchev–Trinajstić information content (AvgIpc) is 2.91. The van der Waals surface area contributed by atoms with Gasteiger partial charge in [0.25, 0.3) is 0 Å². The SMILES string of the molecule is Cc1ccc(S(=O)(=O)N[C@@H](c2cnn(C)c2)C2CC(O)C2)cc1Cl. The fraction of sp³-hybridized carbons (Fsp3) is 0.438. The molecule has 0 aliphatic heterocycles. The molecule has 1 fully saturated rings. The van der Waals surface area contributed by atoms with Crippen molar-refractivity contribution in [1.29, 1.82) is 0 Å². The minimum absolute atomic E-state index is 0.0416. The summed E-state index contributed by atoms with van der Waals surface area (Å²) in [6, 6.07) is 4.25. The van der Waals surface area contributed by atoms with Gasteiger partial charge >= 0.3 is 0 Å². The third-order valence-corrected chi connectivity index (χ3v) is 6.29. The van der Waals surface area contributed by atoms with E-state index in [4.69, 9.17) is 11.6 Å². The van der Waals surface area contributed by atoms with Gasteiger partial charge in [0.05, 0.1) is 23.2 Å². The molecule has 1 aliphatic rings. The maximum Gasteiger partial charge on any atom is 0.241 e. The van der Waals surface area contributed by atoms with Crippen LogP contribution in [-0.2, 0) is 17.1 Å². The van der Waals surface area contributed by atoms with Crippen LogP contribution in [0.5, 0.6) is 0 Å². The summed E-state index contributed by atoms with van der Waals surface area (Å²) in [5, 5.41) is 14.1. The van der Waals surface area contributed by atoms with Crippen molar-refractivity contribution in [2.75, 3.05) is 0 Å². The number of sulfonamides is 1. The molecule has 1 aliphatic carbocycles. The lowest BCUT2D eigenvalue weighted by Crippen LogP contribution is -2.41. The first-order chi connectivity index (χ1) is 11.3. The number of aliphatic hydroxyl groups is 1. The maximum atomic E-state index is 12.8. The molecule has 0 spiro atoms. The van der Waals surface area contributed by atoms with E-state index in [9.17, 15) is 13.5 Å². The van der Waals surface area contributed by atoms with Crippen molar-refractivity contribution < 1.29 is 13.5 Å². The molecule has 0 saturated heterocycles. The second kappa shape index (κ2) is 6.48. The molecule has 24 heavy (non-hydrogen) atoms. The fourth-order valence-electron chi connectivity index (χ4n) is 2.92. The Hall–Kier alpha value is -1.41. The molecule has 1 aromatic heterocycles. The van der Waals surface area contributed by atoms with E-state index in [0.717, 1.165) is 11.1 Å². The molecular weight excluding hydrogens is 350 g/mol. The van der Waals surface area contributed by atoms with E-state index in [0.29, 0.717) is 17.9 Å². The quantitative estimate of drug-likeness (QED) is 0.846. The number of nitrogens with zero attached hydrogens (tertiary/aromatic N) is 2. The van der Waals surface area contributed by atoms with E-state index in [1.165, 1.54) is 6.07 Å². The molecule has 0 unspecified atom stereocenters. The Morgan fingerprint density at radius 2 is 2.12 bits per heavy atom. The second-order valence-corrected chi connectivity index (χ2v) is 8.46. The van der Waals surface area contributed by atoms with Crippen LogP contribution in [0, 0.1) is 12.8 Å². The molecule has 6 nitrogen and oxygen atoms in total. The van der Waals surface area contributed by atoms with Crippen molar-refractivity contribution in [2.45, 2.75) is 36.8 Å². The Labute approximate surface area is 146 Å². The highest BCUT2D eigenvalue weighted by Gasteiger charge is 2.37. The molecule has 0 bridgehead atoms. The molecule has 2 aromatic rings. The Bertz CT molecular complexity index is 844. The predicted octanol–water partition coefficient (Wildman–Crippen LogP) is 2.17. The lowest BCUT2D eigenvalue weighted by molar-refractivity contribution is 0.0280. The van der Waals surface area contributed by atoms with Crippen LogP contribution in [-0.4, -0.2) is 29.4 Å². The average molecular weight is 370 g/mol. The molecule has 1 heterocycles. The monoisotopic (exact) mass is 369 g/mol. The van der Waals surface area contributed by atoms with Gasteiger partial charge in [-0.1, -0.05) is 17.7 Å². The number of benzene rings is 1. The van der Waals surface area contributed by atoms with E-state index in [1.807, 2.05) is 6.92 Å². The molecule has 2 N–H and O–H groups in total. The van der Waals surface area contributed by atoms with Gasteiger partial charge in [0.1, 0.15) is 0 Å². The first-order valence-corrected chi connectivity index (χ1v) is 9.57. The van der Waals surface area contributed by atoms with Crippen LogP contribution in [0.1, 0.15) is 30.0 Å². The van der Waals surface area contributed by atoms with Crippen LogP contribution < -0.4 is 4.72 Å². The Balaban J connectivity index is 1.89. The standard InChI is InChI=1S/C16H20ClN3O3S/c1-10-3-4-14(7-15(10)17)24(22,23)19-16(11-5-13(21)6-11)12-8-18-20(2)9-12/h3-4,7-9,11,13,16,19,21H,5-6H2,1-2H3/t11?,13?,16-/m1/s1. The zero-order valence-electron chi connectivity index (χ0n) is 13.5. The van der Waals surface area contributed by atoms with Gasteiger partial charge in [-0.2, -0.15) is 5.10 Å². The summed E-state index contributed by atoms with van der Waals surface area (Å²) in [6.45, 7) is 1.82. The van der Waals surface area contributed by atoms with Gasteiger partial charge < -0.3 is 5.11 Å². The lowest BCUT2D eigenvalue weighted by Gasteiger charge is -2.37. The summed E-state index contributed by atoms with van der Waals surface area (Å²) in [5.41, 5.74) is 1.61. The highest BCUT2D eigenvalue weighted by Crippen LogP contribution is 2.38. The lowest BCUT2D eigenvalue weighted by atomic mass is 9.76. The number of nitrogens with one attached hydrogen (secondary N) is 1. The van der Waals surface area contributed by atoms with Crippen molar-refractivity contribution in [2.24, 2.45) is 13.0 Å². The van der Waals surface area contributed by atoms with Gasteiger partial charge in [-0.3, -0.25) is 4.68 Å². The van der Waals surface area contributed by atoms with Gasteiger partial charge in [0.15, 0.2) is 0 Å². The highest BCUT2D eigenvalue weighted by molar-refractivity contribution is 7.89. The molecule has 1 atom stereocenters. The normalized spacial score (nSPS) is 22.2. The van der Waals surface area contributed by atoms with Crippen molar-refractivity contribution >= 4 is 21.6 Å². The van der Waals surface area contributed by atoms with E-state index >= 15 is 0 Å². The fourth-order valence-corrected chi connectivity index (χ4v) is 4.48. The Kier molecular flexibility index (Phi) is 4.70. The largest absolute Gasteiger partial charge is 0.393 e. The number of hydrogen-bond acceptors (Lipinski definition) is 4. The summed E-state index contributed by atoms with van der Waals surface area (Å²) in [4.78, 5) is 0.131. The minimum Gasteiger partial charge on any atom is -0.393 e. The summed E-state index contributed by atoms with van der Waals surface area (Å²) in [5.74, 6) is 0.0416. The zero-order chi connectivity index (χ0) is 17.5. The van der Waals surface area contributed by atoms with Crippen LogP contribution in [0.3, 0.4) is 0 Å². The number of aliphatic hydroxyl groups excluding tert-OH is 1. The number of hydrogen-bond donors (Lipinski definition) is 2. The van der Waals surface area contributed by atoms with Gasteiger partial charge in [-0.25, -0.2) is 13.1 Å². The van der Waals surface area contributed by atoms with Gasteiger partial charge in [-0.15, -0.1) is 0 Å². The number of halogens is 1. The van der Waals surface area contributed by atoms with Gasteiger partial charge in [0, 0.05) is 23.8 Å². The molecule has 1 aromatic carbocycles. The van der Waals surface area contributed by atoms with Crippen LogP contribution in [0.2, 0.25) is 5.02 Å². The summed E-state index contributed by atoms with van der Waals surface area (Å²) in [7, 11) is -1.95. The van der Waals surface area contributed by atoms with Gasteiger partial charge in [0.2, 0.25) is 10.0 Å². The van der Waals surface area contributed by atoms with E-state index in [-0.39, 0.29) is 16.9 Å². The van der Waals surface area contributed by atoms with E-state index < -0.39 is 16.1 Å². The topological polar surface area (TPSA) is 84.2 Å². The van der Waals surface area contributed by atoms with E-state index in [2.05, 4.69) is 9.82 Å². The Morgan fingerprint density at radius 1 is 1.42 bits per heavy atom. The first kappa shape index (κ1) is 17.4. The number of aryl methyl sites for hydroxylation is 2. The molecule has 3 rings (SSSR count). The van der Waals surface area contributed by atoms with Crippen LogP contribution >= 0.6 is 11.6 Å². The number of rotatable bonds is 5. The highest BCUT2D eigenvalue weighted by atomic mass is 35.5. The van der Waals surface area contributed by atoms with Crippen LogP contribution in [0.4, 0.5) is 0 Å². The van der Waals surface area contributed by atoms with Crippen molar-refractivity contribution in [3.63, 3.8) is 0 Å². The number of aromatic nitrogens is 2. The van der Waals surface area contributed by atoms with Crippen molar-refractivity contribution in [3.8, 4) is 0 Å². The molecule has 130 valence electrons. The third kappa shape index (κ3) is 3.49. The summed E-state index contributed by atoms with van der Waals surface area (Å²) < 4.78 is 29.9. The summed E-state index contributed by atoms with van der Waals surface area (Å²) in [6.07, 6.45) is 4.21. The molecular formula is C16H20ClN3O3S. The zero-order valence-corrected chi connectivity index (χ0v) is 15.0. The smallest absolute Gasteiger partial charge is 0.241 e. The molecule has 0 radical (unpaired) electrons. The second-order valence-electron chi connectivity index (χ2n) is 6.34. The minimum atomic E-state index is -3.73. The van der Waals surface area contributed by atoms with Gasteiger partial charge in [-0.05, 0) is 43.4 Å². The van der Waals surface area contributed by atoms with Crippen LogP contribution in [0.25, 0.3) is 0 Å². The maximum absolute atomic E-state index is 12.8. The van der Waals surface area contributed by atoms with Crippen molar-refractivity contribution in [1.82, 2.24) is 14.5 Å². The predicted molar refractivity (Wildman–Crippen MR) is 91.2 cm³/mol.